The second kappa shape index (κ2) is 11.4. The maximum absolute atomic E-state index is 9.41. The summed E-state index contributed by atoms with van der Waals surface area (Å²) < 4.78 is 2.06. The molecule has 0 saturated heterocycles. The van der Waals surface area contributed by atoms with Crippen molar-refractivity contribution in [1.29, 1.82) is 5.26 Å². The van der Waals surface area contributed by atoms with Crippen LogP contribution in [0.5, 0.6) is 0 Å². The van der Waals surface area contributed by atoms with Gasteiger partial charge in [0.25, 0.3) is 0 Å². The van der Waals surface area contributed by atoms with Crippen LogP contribution in [0.25, 0.3) is 5.70 Å². The lowest BCUT2D eigenvalue weighted by atomic mass is 9.60. The summed E-state index contributed by atoms with van der Waals surface area (Å²) in [5.41, 5.74) is 15.5. The van der Waals surface area contributed by atoms with Crippen LogP contribution in [0.15, 0.2) is 88.6 Å². The minimum absolute atomic E-state index is 0.109. The number of allylic oxidation sites excluding steroid dienone is 14. The molecule has 0 aromatic carbocycles. The van der Waals surface area contributed by atoms with Crippen LogP contribution < -0.4 is 5.73 Å². The lowest BCUT2D eigenvalue weighted by Crippen LogP contribution is -2.33. The van der Waals surface area contributed by atoms with Crippen molar-refractivity contribution in [2.45, 2.75) is 97.8 Å². The molecule has 1 heterocycles. The van der Waals surface area contributed by atoms with Gasteiger partial charge in [-0.2, -0.15) is 5.26 Å². The molecule has 4 nitrogen and oxygen atoms in total. The van der Waals surface area contributed by atoms with Crippen molar-refractivity contribution in [3.8, 4) is 6.07 Å². The summed E-state index contributed by atoms with van der Waals surface area (Å²) in [5, 5.41) is 9.41. The Hall–Kier alpha value is -3.32. The second-order valence-corrected chi connectivity index (χ2v) is 12.2. The molecular formula is C35H44N4. The molecule has 0 aliphatic heterocycles. The average molecular weight is 521 g/mol. The molecule has 0 spiro atoms. The van der Waals surface area contributed by atoms with Crippen LogP contribution >= 0.6 is 0 Å². The fourth-order valence-corrected chi connectivity index (χ4v) is 7.07. The van der Waals surface area contributed by atoms with E-state index in [4.69, 9.17) is 5.73 Å². The number of hydrogen-bond acceptors (Lipinski definition) is 3. The van der Waals surface area contributed by atoms with Gasteiger partial charge in [0.15, 0.2) is 5.69 Å². The van der Waals surface area contributed by atoms with E-state index in [1.807, 2.05) is 6.20 Å². The van der Waals surface area contributed by atoms with Gasteiger partial charge in [-0.15, -0.1) is 0 Å². The third-order valence-corrected chi connectivity index (χ3v) is 9.30. The molecule has 0 bridgehead atoms. The maximum atomic E-state index is 9.41. The largest absolute Gasteiger partial charge is 0.402 e. The van der Waals surface area contributed by atoms with Crippen LogP contribution in [-0.4, -0.2) is 9.55 Å². The topological polar surface area (TPSA) is 67.6 Å². The lowest BCUT2D eigenvalue weighted by molar-refractivity contribution is 0.473. The van der Waals surface area contributed by atoms with Gasteiger partial charge < -0.3 is 10.3 Å². The van der Waals surface area contributed by atoms with Crippen LogP contribution in [0.3, 0.4) is 0 Å². The Balaban J connectivity index is 1.37. The number of nitriles is 1. The predicted octanol–water partition coefficient (Wildman–Crippen LogP) is 8.84. The van der Waals surface area contributed by atoms with Gasteiger partial charge in [-0.25, -0.2) is 4.98 Å². The summed E-state index contributed by atoms with van der Waals surface area (Å²) in [7, 11) is 0. The first kappa shape index (κ1) is 27.3. The highest BCUT2D eigenvalue weighted by Gasteiger charge is 2.46. The van der Waals surface area contributed by atoms with Crippen LogP contribution in [0.1, 0.15) is 104 Å². The Morgan fingerprint density at radius 1 is 0.974 bits per heavy atom. The molecule has 2 atom stereocenters. The van der Waals surface area contributed by atoms with E-state index in [-0.39, 0.29) is 10.8 Å². The van der Waals surface area contributed by atoms with Gasteiger partial charge in [0.2, 0.25) is 0 Å². The first-order valence-corrected chi connectivity index (χ1v) is 15.1. The first-order chi connectivity index (χ1) is 18.9. The molecule has 39 heavy (non-hydrogen) atoms. The first-order valence-electron chi connectivity index (χ1n) is 15.1. The van der Waals surface area contributed by atoms with E-state index in [0.717, 1.165) is 18.5 Å². The van der Waals surface area contributed by atoms with Gasteiger partial charge in [-0.05, 0) is 59.8 Å². The second-order valence-electron chi connectivity index (χ2n) is 12.2. The Labute approximate surface area is 235 Å². The fourth-order valence-electron chi connectivity index (χ4n) is 7.07. The zero-order valence-corrected chi connectivity index (χ0v) is 24.1. The van der Waals surface area contributed by atoms with Crippen molar-refractivity contribution >= 4 is 5.70 Å². The Bertz CT molecular complexity index is 1370. The molecule has 1 aromatic rings. The van der Waals surface area contributed by atoms with Crippen molar-refractivity contribution in [2.24, 2.45) is 16.6 Å². The van der Waals surface area contributed by atoms with E-state index < -0.39 is 0 Å². The van der Waals surface area contributed by atoms with Crippen molar-refractivity contribution in [2.75, 3.05) is 0 Å². The minimum atomic E-state index is -0.266. The minimum Gasteiger partial charge on any atom is -0.402 e. The molecule has 204 valence electrons. The number of nitrogens with zero attached hydrogens (tertiary/aromatic N) is 3. The number of rotatable bonds is 12. The van der Waals surface area contributed by atoms with Gasteiger partial charge in [-0.3, -0.25) is 0 Å². The van der Waals surface area contributed by atoms with Gasteiger partial charge in [0.1, 0.15) is 12.4 Å². The molecule has 0 amide bonds. The van der Waals surface area contributed by atoms with E-state index in [1.54, 1.807) is 6.33 Å². The highest BCUT2D eigenvalue weighted by Crippen LogP contribution is 2.59. The number of hydrogen-bond donors (Lipinski definition) is 1. The van der Waals surface area contributed by atoms with E-state index in [0.29, 0.717) is 5.69 Å². The third kappa shape index (κ3) is 5.17. The quantitative estimate of drug-likeness (QED) is 0.280. The molecular weight excluding hydrogens is 476 g/mol. The van der Waals surface area contributed by atoms with Gasteiger partial charge in [0.05, 0.1) is 5.41 Å². The average Bonchev–Trinajstić information content (AvgIpc) is 3.51. The van der Waals surface area contributed by atoms with E-state index >= 15 is 0 Å². The maximum Gasteiger partial charge on any atom is 0.158 e. The summed E-state index contributed by atoms with van der Waals surface area (Å²) >= 11 is 0. The van der Waals surface area contributed by atoms with Gasteiger partial charge >= 0.3 is 0 Å². The normalized spacial score (nSPS) is 25.1. The number of aromatic nitrogens is 2. The number of nitrogens with two attached hydrogens (primary N) is 1. The highest BCUT2D eigenvalue weighted by molar-refractivity contribution is 5.80. The van der Waals surface area contributed by atoms with Crippen LogP contribution in [0.4, 0.5) is 0 Å². The van der Waals surface area contributed by atoms with E-state index in [2.05, 4.69) is 78.9 Å². The van der Waals surface area contributed by atoms with Gasteiger partial charge in [0, 0.05) is 29.4 Å². The molecule has 0 fully saturated rings. The molecule has 4 aliphatic rings. The van der Waals surface area contributed by atoms with Crippen molar-refractivity contribution in [3.63, 3.8) is 0 Å². The van der Waals surface area contributed by atoms with Crippen molar-refractivity contribution in [3.05, 3.63) is 94.3 Å². The molecule has 4 heteroatoms. The lowest BCUT2D eigenvalue weighted by Gasteiger charge is -2.43. The van der Waals surface area contributed by atoms with Crippen LogP contribution in [-0.2, 0) is 0 Å². The summed E-state index contributed by atoms with van der Waals surface area (Å²) in [6, 6.07) is 2.19. The monoisotopic (exact) mass is 520 g/mol. The summed E-state index contributed by atoms with van der Waals surface area (Å²) in [6.07, 6.45) is 35.0. The van der Waals surface area contributed by atoms with Crippen LogP contribution in [0, 0.1) is 22.2 Å². The molecule has 0 saturated carbocycles. The summed E-state index contributed by atoms with van der Waals surface area (Å²) in [5.74, 6) is 0. The highest BCUT2D eigenvalue weighted by atomic mass is 15.1. The molecule has 0 radical (unpaired) electrons. The van der Waals surface area contributed by atoms with Crippen molar-refractivity contribution in [1.82, 2.24) is 9.55 Å². The van der Waals surface area contributed by atoms with E-state index in [9.17, 15) is 5.26 Å². The van der Waals surface area contributed by atoms with Crippen molar-refractivity contribution < 1.29 is 0 Å². The SMILES string of the molecule is CCCCCCCCCCCCC1=C2C3=C(C=C[C@]2(C)C(n2cnc(C#N)c2)=C1)[C@]1(C)CC(N)=CC=C1C=C3. The van der Waals surface area contributed by atoms with Crippen LogP contribution in [0.2, 0.25) is 0 Å². The smallest absolute Gasteiger partial charge is 0.158 e. The fraction of sp³-hybridized carbons (Fsp3) is 0.486. The number of imidazole rings is 1. The van der Waals surface area contributed by atoms with Gasteiger partial charge in [-0.1, -0.05) is 102 Å². The third-order valence-electron chi connectivity index (χ3n) is 9.30. The Kier molecular flexibility index (Phi) is 7.98. The Morgan fingerprint density at radius 2 is 1.69 bits per heavy atom. The Morgan fingerprint density at radius 3 is 2.38 bits per heavy atom. The zero-order valence-electron chi connectivity index (χ0n) is 24.1. The van der Waals surface area contributed by atoms with E-state index in [1.165, 1.54) is 97.8 Å². The molecule has 5 rings (SSSR count). The molecule has 2 N–H and O–H groups in total. The predicted molar refractivity (Wildman–Crippen MR) is 161 cm³/mol. The summed E-state index contributed by atoms with van der Waals surface area (Å²) in [4.78, 5) is 4.32. The number of unbranched alkanes of at least 4 members (excludes halogenated alkanes) is 9. The number of fused-ring (bicyclic) bond motifs is 4. The molecule has 4 aliphatic carbocycles. The summed E-state index contributed by atoms with van der Waals surface area (Å²) in [6.45, 7) is 6.94. The molecule has 1 aromatic heterocycles. The zero-order chi connectivity index (χ0) is 27.5. The standard InChI is InChI=1S/C35H44N4/c1-4-5-6-7-8-9-10-11-12-13-14-26-21-32(39-24-29(23-36)38-25-39)34(2)20-19-31-30(33(26)34)18-16-27-15-17-28(37)22-35(27,31)3/h15-21,24-25H,4-14,22,37H2,1-3H3/t34-,35-/m1/s1. The molecule has 0 unspecified atom stereocenters.